The van der Waals surface area contributed by atoms with E-state index in [2.05, 4.69) is 218 Å². The molecule has 0 fully saturated rings. The maximum absolute atomic E-state index is 6.51. The molecule has 2 aliphatic carbocycles. The van der Waals surface area contributed by atoms with E-state index in [4.69, 9.17) is 4.42 Å². The second-order valence-corrected chi connectivity index (χ2v) is 17.1. The van der Waals surface area contributed by atoms with Gasteiger partial charge in [-0.2, -0.15) is 0 Å². The van der Waals surface area contributed by atoms with E-state index in [1.807, 2.05) is 6.07 Å². The molecule has 0 saturated carbocycles. The molecular formula is C61H43NO. The molecule has 1 heterocycles. The van der Waals surface area contributed by atoms with Gasteiger partial charge >= 0.3 is 0 Å². The van der Waals surface area contributed by atoms with Crippen molar-refractivity contribution in [3.05, 3.63) is 229 Å². The Kier molecular flexibility index (Phi) is 8.94. The van der Waals surface area contributed by atoms with Crippen LogP contribution in [0.15, 0.2) is 205 Å². The van der Waals surface area contributed by atoms with Crippen LogP contribution < -0.4 is 4.90 Å². The molecule has 2 nitrogen and oxygen atoms in total. The molecular weight excluding hydrogens is 763 g/mol. The van der Waals surface area contributed by atoms with E-state index in [0.717, 1.165) is 69.2 Å². The van der Waals surface area contributed by atoms with Gasteiger partial charge in [0.2, 0.25) is 0 Å². The van der Waals surface area contributed by atoms with E-state index >= 15 is 0 Å². The zero-order valence-electron chi connectivity index (χ0n) is 35.1. The first-order chi connectivity index (χ1) is 31.1. The van der Waals surface area contributed by atoms with Crippen molar-refractivity contribution in [3.8, 4) is 11.1 Å². The molecule has 0 amide bonds. The number of hydrogen-bond donors (Lipinski definition) is 0. The zero-order valence-corrected chi connectivity index (χ0v) is 35.1. The van der Waals surface area contributed by atoms with Gasteiger partial charge in [-0.25, -0.2) is 0 Å². The molecule has 63 heavy (non-hydrogen) atoms. The monoisotopic (exact) mass is 805 g/mol. The van der Waals surface area contributed by atoms with Crippen LogP contribution in [0.3, 0.4) is 0 Å². The molecule has 9 aromatic carbocycles. The first-order valence-corrected chi connectivity index (χ1v) is 22.1. The van der Waals surface area contributed by atoms with E-state index in [0.29, 0.717) is 5.92 Å². The molecule has 2 aliphatic rings. The lowest BCUT2D eigenvalue weighted by molar-refractivity contribution is 0.669. The third-order valence-electron chi connectivity index (χ3n) is 13.1. The minimum atomic E-state index is 0.378. The second-order valence-electron chi connectivity index (χ2n) is 17.1. The number of benzene rings is 8. The standard InChI is InChI=1S/C61H43NO/c1-40-34-46(36-47(35-40)56-38-44-16-8-9-19-50(44)52-20-10-11-22-54(52)56)43-26-32-60-57(37-43)58-39-45(27-33-61(58)63-60)51-30-31-59(55-23-13-12-21-53(51)55)62(48-17-6-3-7-18-48)49-28-24-42(25-29-49)41-14-4-2-5-15-41/h2-4,6-10,12-14,16-21,23-34,36-40H,5,15,35H2,1H3. The maximum atomic E-state index is 6.51. The number of anilines is 3. The summed E-state index contributed by atoms with van der Waals surface area (Å²) < 4.78 is 6.51. The largest absolute Gasteiger partial charge is 0.456 e. The average Bonchev–Trinajstić information content (AvgIpc) is 3.72. The van der Waals surface area contributed by atoms with E-state index in [9.17, 15) is 0 Å². The van der Waals surface area contributed by atoms with Crippen LogP contribution in [0.4, 0.5) is 17.1 Å². The van der Waals surface area contributed by atoms with Crippen LogP contribution in [0.1, 0.15) is 42.9 Å². The van der Waals surface area contributed by atoms with Gasteiger partial charge in [-0.15, -0.1) is 0 Å². The number of fused-ring (bicyclic) bond motifs is 7. The number of nitrogens with zero attached hydrogens (tertiary/aromatic N) is 1. The number of allylic oxidation sites excluding steroid dienone is 8. The average molecular weight is 806 g/mol. The predicted octanol–water partition coefficient (Wildman–Crippen LogP) is 17.0. The molecule has 0 N–H and O–H groups in total. The topological polar surface area (TPSA) is 16.4 Å². The summed E-state index contributed by atoms with van der Waals surface area (Å²) in [4.78, 5) is 2.39. The molecule has 2 heteroatoms. The van der Waals surface area contributed by atoms with Crippen LogP contribution in [0, 0.1) is 18.1 Å². The Bertz CT molecular complexity index is 3540. The summed E-state index contributed by atoms with van der Waals surface area (Å²) in [7, 11) is 0. The Morgan fingerprint density at radius 3 is 2.10 bits per heavy atom. The van der Waals surface area contributed by atoms with Crippen molar-refractivity contribution in [2.24, 2.45) is 5.92 Å². The third-order valence-corrected chi connectivity index (χ3v) is 13.1. The van der Waals surface area contributed by atoms with Gasteiger partial charge in [-0.1, -0.05) is 146 Å². The first kappa shape index (κ1) is 36.9. The molecule has 0 spiro atoms. The highest BCUT2D eigenvalue weighted by Gasteiger charge is 2.21. The Balaban J connectivity index is 0.941. The lowest BCUT2D eigenvalue weighted by Gasteiger charge is -2.28. The Morgan fingerprint density at radius 2 is 1.29 bits per heavy atom. The molecule has 0 bridgehead atoms. The van der Waals surface area contributed by atoms with E-state index in [-0.39, 0.29) is 0 Å². The molecule has 0 radical (unpaired) electrons. The van der Waals surface area contributed by atoms with Gasteiger partial charge in [0, 0.05) is 32.9 Å². The molecule has 1 unspecified atom stereocenters. The van der Waals surface area contributed by atoms with Gasteiger partial charge < -0.3 is 9.32 Å². The molecule has 12 rings (SSSR count). The minimum Gasteiger partial charge on any atom is -0.456 e. The van der Waals surface area contributed by atoms with Crippen molar-refractivity contribution in [1.82, 2.24) is 0 Å². The molecule has 0 saturated heterocycles. The predicted molar refractivity (Wildman–Crippen MR) is 267 cm³/mol. The van der Waals surface area contributed by atoms with Gasteiger partial charge in [0.25, 0.3) is 0 Å². The SMILES string of the molecule is CC1C=C(c2ccc3oc4ccc(-c5ccc(N(c6ccccc6)c6ccc(C7=CC=CCC7)cc6)c6ccccc56)cc4c3c2)C=C(c2cc3ccccc3c3ccc#cc23)C1. The van der Waals surface area contributed by atoms with Crippen LogP contribution in [0.5, 0.6) is 0 Å². The Labute approximate surface area is 368 Å². The first-order valence-electron chi connectivity index (χ1n) is 22.1. The van der Waals surface area contributed by atoms with Gasteiger partial charge in [0.05, 0.1) is 5.69 Å². The third kappa shape index (κ3) is 6.53. The number of rotatable bonds is 7. The highest BCUT2D eigenvalue weighted by molar-refractivity contribution is 6.13. The summed E-state index contributed by atoms with van der Waals surface area (Å²) in [6.07, 6.45) is 14.6. The van der Waals surface area contributed by atoms with E-state index < -0.39 is 0 Å². The highest BCUT2D eigenvalue weighted by Crippen LogP contribution is 2.44. The van der Waals surface area contributed by atoms with Gasteiger partial charge in [0.15, 0.2) is 0 Å². The second kappa shape index (κ2) is 15.2. The molecule has 10 aromatic rings. The fraction of sp³-hybridized carbons (Fsp3) is 0.0820. The Morgan fingerprint density at radius 1 is 0.571 bits per heavy atom. The van der Waals surface area contributed by atoms with Crippen LogP contribution >= 0.6 is 0 Å². The smallest absolute Gasteiger partial charge is 0.135 e. The van der Waals surface area contributed by atoms with Gasteiger partial charge in [-0.05, 0) is 164 Å². The lowest BCUT2D eigenvalue weighted by Crippen LogP contribution is -2.10. The van der Waals surface area contributed by atoms with Crippen molar-refractivity contribution >= 4 is 88.0 Å². The van der Waals surface area contributed by atoms with Crippen LogP contribution in [-0.2, 0) is 0 Å². The maximum Gasteiger partial charge on any atom is 0.135 e. The van der Waals surface area contributed by atoms with Crippen molar-refractivity contribution < 1.29 is 4.42 Å². The van der Waals surface area contributed by atoms with Crippen molar-refractivity contribution in [3.63, 3.8) is 0 Å². The zero-order chi connectivity index (χ0) is 41.9. The van der Waals surface area contributed by atoms with Crippen LogP contribution in [0.25, 0.3) is 82.1 Å². The normalized spacial score (nSPS) is 15.1. The highest BCUT2D eigenvalue weighted by atomic mass is 16.3. The molecule has 1 atom stereocenters. The van der Waals surface area contributed by atoms with Gasteiger partial charge in [0.1, 0.15) is 11.2 Å². The summed E-state index contributed by atoms with van der Waals surface area (Å²) in [6.45, 7) is 2.32. The van der Waals surface area contributed by atoms with E-state index in [1.165, 1.54) is 65.9 Å². The summed E-state index contributed by atoms with van der Waals surface area (Å²) >= 11 is 0. The van der Waals surface area contributed by atoms with Gasteiger partial charge in [-0.3, -0.25) is 0 Å². The molecule has 298 valence electrons. The van der Waals surface area contributed by atoms with Crippen molar-refractivity contribution in [2.45, 2.75) is 26.2 Å². The fourth-order valence-electron chi connectivity index (χ4n) is 10.1. The summed E-state index contributed by atoms with van der Waals surface area (Å²) in [5, 5.41) is 9.49. The summed E-state index contributed by atoms with van der Waals surface area (Å²) in [5.41, 5.74) is 15.2. The summed E-state index contributed by atoms with van der Waals surface area (Å²) in [6, 6.07) is 68.4. The molecule has 1 aromatic heterocycles. The number of hydrogen-bond acceptors (Lipinski definition) is 2. The van der Waals surface area contributed by atoms with Crippen LogP contribution in [0.2, 0.25) is 0 Å². The fourth-order valence-corrected chi connectivity index (χ4v) is 10.1. The van der Waals surface area contributed by atoms with E-state index in [1.54, 1.807) is 0 Å². The van der Waals surface area contributed by atoms with Crippen LogP contribution in [-0.4, -0.2) is 0 Å². The minimum absolute atomic E-state index is 0.378. The quantitative estimate of drug-likeness (QED) is 0.160. The number of para-hydroxylation sites is 1. The lowest BCUT2D eigenvalue weighted by atomic mass is 9.83. The molecule has 0 aliphatic heterocycles. The number of furan rings is 1. The van der Waals surface area contributed by atoms with Crippen molar-refractivity contribution in [2.75, 3.05) is 4.90 Å². The Hall–Kier alpha value is -7.86. The van der Waals surface area contributed by atoms with Crippen molar-refractivity contribution in [1.29, 1.82) is 0 Å². The summed E-state index contributed by atoms with van der Waals surface area (Å²) in [5.74, 6) is 0.378.